The van der Waals surface area contributed by atoms with Crippen LogP contribution in [0.2, 0.25) is 0 Å². The van der Waals surface area contributed by atoms with E-state index in [4.69, 9.17) is 0 Å². The lowest BCUT2D eigenvalue weighted by molar-refractivity contribution is 0.398. The van der Waals surface area contributed by atoms with Crippen LogP contribution in [0.1, 0.15) is 37.9 Å². The van der Waals surface area contributed by atoms with Gasteiger partial charge >= 0.3 is 0 Å². The molecular formula is C14H23FN2O2S. The first-order chi connectivity index (χ1) is 9.00. The average molecular weight is 302 g/mol. The lowest BCUT2D eigenvalue weighted by Crippen LogP contribution is -2.50. The van der Waals surface area contributed by atoms with E-state index in [1.807, 2.05) is 13.0 Å². The molecule has 1 aromatic rings. The van der Waals surface area contributed by atoms with E-state index >= 15 is 0 Å². The van der Waals surface area contributed by atoms with Crippen LogP contribution in [0.3, 0.4) is 0 Å². The van der Waals surface area contributed by atoms with Gasteiger partial charge in [-0.05, 0) is 44.9 Å². The summed E-state index contributed by atoms with van der Waals surface area (Å²) in [6, 6.07) is 5.05. The van der Waals surface area contributed by atoms with Gasteiger partial charge in [-0.3, -0.25) is 0 Å². The highest BCUT2D eigenvalue weighted by molar-refractivity contribution is 7.88. The summed E-state index contributed by atoms with van der Waals surface area (Å²) in [5, 5.41) is 3.21. The number of sulfonamides is 1. The maximum absolute atomic E-state index is 13.5. The Morgan fingerprint density at radius 1 is 1.35 bits per heavy atom. The standard InChI is InChI=1S/C14H23FN2O2S/c1-10-6-7-12(8-13(10)15)11(2)16-9-14(3,4)17-20(5,18)19/h6-8,11,16-17H,9H2,1-5H3. The molecule has 0 saturated heterocycles. The summed E-state index contributed by atoms with van der Waals surface area (Å²) in [5.41, 5.74) is 0.841. The molecule has 0 radical (unpaired) electrons. The smallest absolute Gasteiger partial charge is 0.209 e. The van der Waals surface area contributed by atoms with Gasteiger partial charge in [0.15, 0.2) is 0 Å². The Bertz CT molecular complexity index is 571. The van der Waals surface area contributed by atoms with Crippen LogP contribution in [-0.2, 0) is 10.0 Å². The summed E-state index contributed by atoms with van der Waals surface area (Å²) in [6.07, 6.45) is 1.13. The quantitative estimate of drug-likeness (QED) is 0.846. The molecule has 0 aliphatic heterocycles. The molecule has 0 aromatic heterocycles. The van der Waals surface area contributed by atoms with Gasteiger partial charge in [-0.15, -0.1) is 0 Å². The minimum absolute atomic E-state index is 0.0641. The number of hydrogen-bond acceptors (Lipinski definition) is 3. The summed E-state index contributed by atoms with van der Waals surface area (Å²) in [7, 11) is -3.26. The minimum atomic E-state index is -3.26. The van der Waals surface area contributed by atoms with Crippen LogP contribution in [0.5, 0.6) is 0 Å². The maximum Gasteiger partial charge on any atom is 0.209 e. The number of nitrogens with one attached hydrogen (secondary N) is 2. The second kappa shape index (κ2) is 6.20. The molecule has 0 heterocycles. The van der Waals surface area contributed by atoms with Gasteiger partial charge in [-0.2, -0.15) is 0 Å². The van der Waals surface area contributed by atoms with Crippen molar-refractivity contribution in [1.82, 2.24) is 10.0 Å². The fraction of sp³-hybridized carbons (Fsp3) is 0.571. The Hall–Kier alpha value is -0.980. The Morgan fingerprint density at radius 3 is 2.45 bits per heavy atom. The van der Waals surface area contributed by atoms with E-state index in [1.165, 1.54) is 6.07 Å². The molecule has 1 rings (SSSR count). The van der Waals surface area contributed by atoms with Crippen molar-refractivity contribution in [1.29, 1.82) is 0 Å². The number of benzene rings is 1. The fourth-order valence-electron chi connectivity index (χ4n) is 1.94. The number of rotatable bonds is 6. The molecule has 0 aliphatic rings. The monoisotopic (exact) mass is 302 g/mol. The van der Waals surface area contributed by atoms with Gasteiger partial charge in [0, 0.05) is 18.1 Å². The van der Waals surface area contributed by atoms with E-state index in [1.54, 1.807) is 26.8 Å². The van der Waals surface area contributed by atoms with E-state index in [0.29, 0.717) is 12.1 Å². The molecule has 0 aliphatic carbocycles. The molecule has 4 nitrogen and oxygen atoms in total. The first kappa shape index (κ1) is 17.1. The maximum atomic E-state index is 13.5. The van der Waals surface area contributed by atoms with Gasteiger partial charge in [0.1, 0.15) is 5.82 Å². The van der Waals surface area contributed by atoms with Crippen molar-refractivity contribution < 1.29 is 12.8 Å². The number of hydrogen-bond donors (Lipinski definition) is 2. The molecule has 1 atom stereocenters. The van der Waals surface area contributed by atoms with Crippen LogP contribution in [0.4, 0.5) is 4.39 Å². The summed E-state index contributed by atoms with van der Waals surface area (Å²) >= 11 is 0. The van der Waals surface area contributed by atoms with Gasteiger partial charge in [0.2, 0.25) is 10.0 Å². The zero-order valence-corrected chi connectivity index (χ0v) is 13.4. The zero-order valence-electron chi connectivity index (χ0n) is 12.6. The van der Waals surface area contributed by atoms with E-state index in [0.717, 1.165) is 11.8 Å². The van der Waals surface area contributed by atoms with E-state index in [-0.39, 0.29) is 11.9 Å². The molecule has 6 heteroatoms. The first-order valence-electron chi connectivity index (χ1n) is 6.48. The molecule has 1 unspecified atom stereocenters. The SMILES string of the molecule is Cc1ccc(C(C)NCC(C)(C)NS(C)(=O)=O)cc1F. The minimum Gasteiger partial charge on any atom is -0.308 e. The third-order valence-corrected chi connectivity index (χ3v) is 3.93. The van der Waals surface area contributed by atoms with Crippen LogP contribution in [0.25, 0.3) is 0 Å². The van der Waals surface area contributed by atoms with Gasteiger partial charge in [-0.1, -0.05) is 12.1 Å². The summed E-state index contributed by atoms with van der Waals surface area (Å²) < 4.78 is 38.6. The van der Waals surface area contributed by atoms with Gasteiger partial charge < -0.3 is 5.32 Å². The lowest BCUT2D eigenvalue weighted by atomic mass is 10.0. The Balaban J connectivity index is 2.67. The van der Waals surface area contributed by atoms with Crippen molar-refractivity contribution >= 4 is 10.0 Å². The second-order valence-electron chi connectivity index (χ2n) is 5.87. The van der Waals surface area contributed by atoms with E-state index in [9.17, 15) is 12.8 Å². The topological polar surface area (TPSA) is 58.2 Å². The summed E-state index contributed by atoms with van der Waals surface area (Å²) in [5.74, 6) is -0.232. The van der Waals surface area contributed by atoms with E-state index in [2.05, 4.69) is 10.0 Å². The Morgan fingerprint density at radius 2 is 1.95 bits per heavy atom. The third kappa shape index (κ3) is 5.56. The van der Waals surface area contributed by atoms with Gasteiger partial charge in [-0.25, -0.2) is 17.5 Å². The summed E-state index contributed by atoms with van der Waals surface area (Å²) in [4.78, 5) is 0. The molecular weight excluding hydrogens is 279 g/mol. The van der Waals surface area contributed by atoms with Crippen molar-refractivity contribution in [2.45, 2.75) is 39.3 Å². The summed E-state index contributed by atoms with van der Waals surface area (Å²) in [6.45, 7) is 7.67. The van der Waals surface area contributed by atoms with Gasteiger partial charge in [0.25, 0.3) is 0 Å². The Kier molecular flexibility index (Phi) is 5.29. The third-order valence-electron chi connectivity index (χ3n) is 3.01. The van der Waals surface area contributed by atoms with Crippen molar-refractivity contribution in [3.05, 3.63) is 35.1 Å². The molecule has 0 amide bonds. The first-order valence-corrected chi connectivity index (χ1v) is 8.38. The highest BCUT2D eigenvalue weighted by atomic mass is 32.2. The van der Waals surface area contributed by atoms with Crippen molar-refractivity contribution in [2.24, 2.45) is 0 Å². The predicted molar refractivity (Wildman–Crippen MR) is 79.6 cm³/mol. The lowest BCUT2D eigenvalue weighted by Gasteiger charge is -2.27. The van der Waals surface area contributed by atoms with Crippen LogP contribution >= 0.6 is 0 Å². The molecule has 0 saturated carbocycles. The zero-order chi connectivity index (χ0) is 15.6. The van der Waals surface area contributed by atoms with E-state index < -0.39 is 15.6 Å². The predicted octanol–water partition coefficient (Wildman–Crippen LogP) is 2.11. The number of aryl methyl sites for hydroxylation is 1. The molecule has 2 N–H and O–H groups in total. The van der Waals surface area contributed by atoms with Crippen LogP contribution in [0.15, 0.2) is 18.2 Å². The highest BCUT2D eigenvalue weighted by Gasteiger charge is 2.22. The normalized spacial score (nSPS) is 14.3. The molecule has 114 valence electrons. The van der Waals surface area contributed by atoms with Crippen LogP contribution in [-0.4, -0.2) is 26.8 Å². The number of halogens is 1. The molecule has 0 spiro atoms. The van der Waals surface area contributed by atoms with Crippen LogP contribution < -0.4 is 10.0 Å². The molecule has 20 heavy (non-hydrogen) atoms. The average Bonchev–Trinajstić information content (AvgIpc) is 2.26. The molecule has 1 aromatic carbocycles. The van der Waals surface area contributed by atoms with Crippen LogP contribution in [0, 0.1) is 12.7 Å². The van der Waals surface area contributed by atoms with Gasteiger partial charge in [0.05, 0.1) is 6.26 Å². The fourth-order valence-corrected chi connectivity index (χ4v) is 3.02. The molecule has 0 bridgehead atoms. The second-order valence-corrected chi connectivity index (χ2v) is 7.62. The molecule has 0 fully saturated rings. The van der Waals surface area contributed by atoms with Crippen molar-refractivity contribution in [3.8, 4) is 0 Å². The van der Waals surface area contributed by atoms with Crippen molar-refractivity contribution in [3.63, 3.8) is 0 Å². The van der Waals surface area contributed by atoms with Crippen molar-refractivity contribution in [2.75, 3.05) is 12.8 Å². The highest BCUT2D eigenvalue weighted by Crippen LogP contribution is 2.17. The Labute approximate surface area is 120 Å². The largest absolute Gasteiger partial charge is 0.308 e.